The lowest BCUT2D eigenvalue weighted by Gasteiger charge is -2.26. The van der Waals surface area contributed by atoms with Gasteiger partial charge in [0.25, 0.3) is 0 Å². The molecule has 0 saturated heterocycles. The van der Waals surface area contributed by atoms with Crippen LogP contribution in [-0.4, -0.2) is 25.1 Å². The van der Waals surface area contributed by atoms with Crippen LogP contribution in [0.2, 0.25) is 0 Å². The molecule has 0 saturated carbocycles. The van der Waals surface area contributed by atoms with Crippen molar-refractivity contribution in [3.05, 3.63) is 40.8 Å². The van der Waals surface area contributed by atoms with Gasteiger partial charge in [0.2, 0.25) is 0 Å². The number of nitrogens with zero attached hydrogens (tertiary/aromatic N) is 2. The molecule has 2 rings (SSSR count). The molecular formula is C14H19N3S. The summed E-state index contributed by atoms with van der Waals surface area (Å²) in [5.74, 6) is 0. The van der Waals surface area contributed by atoms with Crippen LogP contribution in [-0.2, 0) is 6.42 Å². The van der Waals surface area contributed by atoms with Crippen molar-refractivity contribution in [3.8, 4) is 0 Å². The molecule has 0 fully saturated rings. The Hall–Kier alpha value is -1.55. The molecule has 1 atom stereocenters. The molecule has 96 valence electrons. The highest BCUT2D eigenvalue weighted by atomic mass is 32.1. The van der Waals surface area contributed by atoms with Crippen molar-refractivity contribution >= 4 is 22.7 Å². The van der Waals surface area contributed by atoms with E-state index < -0.39 is 0 Å². The maximum Gasteiger partial charge on any atom is 0.0573 e. The summed E-state index contributed by atoms with van der Waals surface area (Å²) in [4.78, 5) is 7.95. The monoisotopic (exact) mass is 261 g/mol. The molecule has 0 radical (unpaired) electrons. The Labute approximate surface area is 112 Å². The molecule has 0 bridgehead atoms. The second-order valence-corrected chi connectivity index (χ2v) is 5.46. The number of aromatic nitrogens is 1. The van der Waals surface area contributed by atoms with Gasteiger partial charge in [0.15, 0.2) is 0 Å². The Morgan fingerprint density at radius 1 is 1.44 bits per heavy atom. The highest BCUT2D eigenvalue weighted by molar-refractivity contribution is 7.09. The number of pyridine rings is 1. The predicted octanol–water partition coefficient (Wildman–Crippen LogP) is 3.25. The largest absolute Gasteiger partial charge is 0.387 e. The van der Waals surface area contributed by atoms with Gasteiger partial charge in [0, 0.05) is 31.4 Å². The van der Waals surface area contributed by atoms with Gasteiger partial charge in [-0.2, -0.15) is 0 Å². The van der Waals surface area contributed by atoms with E-state index in [0.717, 1.165) is 17.8 Å². The van der Waals surface area contributed by atoms with E-state index in [0.29, 0.717) is 6.04 Å². The molecule has 0 aliphatic carbocycles. The van der Waals surface area contributed by atoms with Crippen molar-refractivity contribution < 1.29 is 0 Å². The number of hydrogen-bond donors (Lipinski definition) is 1. The lowest BCUT2D eigenvalue weighted by atomic mass is 10.1. The summed E-state index contributed by atoms with van der Waals surface area (Å²) in [6, 6.07) is 6.88. The van der Waals surface area contributed by atoms with E-state index in [2.05, 4.69) is 52.8 Å². The SMILES string of the molecule is CNc1cncc(N(C)C(C)Cc2cccs2)c1. The molecule has 1 N–H and O–H groups in total. The predicted molar refractivity (Wildman–Crippen MR) is 79.7 cm³/mol. The maximum atomic E-state index is 4.25. The quantitative estimate of drug-likeness (QED) is 0.895. The number of likely N-dealkylation sites (N-methyl/N-ethyl adjacent to an activating group) is 1. The number of nitrogens with one attached hydrogen (secondary N) is 1. The minimum Gasteiger partial charge on any atom is -0.387 e. The van der Waals surface area contributed by atoms with E-state index in [9.17, 15) is 0 Å². The van der Waals surface area contributed by atoms with Crippen LogP contribution in [0.15, 0.2) is 36.0 Å². The number of anilines is 2. The molecule has 2 aromatic heterocycles. The molecule has 0 aliphatic rings. The summed E-state index contributed by atoms with van der Waals surface area (Å²) >= 11 is 1.82. The molecule has 0 aliphatic heterocycles. The fourth-order valence-electron chi connectivity index (χ4n) is 1.87. The molecule has 2 heterocycles. The first-order valence-corrected chi connectivity index (χ1v) is 6.96. The summed E-state index contributed by atoms with van der Waals surface area (Å²) in [6.45, 7) is 2.24. The molecule has 0 amide bonds. The second kappa shape index (κ2) is 5.87. The standard InChI is InChI=1S/C14H19N3S/c1-11(7-14-5-4-6-18-14)17(3)13-8-12(15-2)9-16-10-13/h4-6,8-11,15H,7H2,1-3H3. The molecule has 3 nitrogen and oxygen atoms in total. The lowest BCUT2D eigenvalue weighted by Crippen LogP contribution is -2.30. The Kier molecular flexibility index (Phi) is 4.20. The fraction of sp³-hybridized carbons (Fsp3) is 0.357. The van der Waals surface area contributed by atoms with Gasteiger partial charge in [-0.25, -0.2) is 0 Å². The summed E-state index contributed by atoms with van der Waals surface area (Å²) in [5.41, 5.74) is 2.19. The van der Waals surface area contributed by atoms with Crippen molar-refractivity contribution in [2.45, 2.75) is 19.4 Å². The third kappa shape index (κ3) is 3.01. The summed E-state index contributed by atoms with van der Waals surface area (Å²) in [7, 11) is 4.03. The van der Waals surface area contributed by atoms with Crippen molar-refractivity contribution in [1.29, 1.82) is 0 Å². The van der Waals surface area contributed by atoms with Crippen LogP contribution >= 0.6 is 11.3 Å². The Morgan fingerprint density at radius 3 is 2.94 bits per heavy atom. The highest BCUT2D eigenvalue weighted by Gasteiger charge is 2.12. The van der Waals surface area contributed by atoms with Crippen molar-refractivity contribution in [2.24, 2.45) is 0 Å². The van der Waals surface area contributed by atoms with Gasteiger partial charge in [-0.1, -0.05) is 6.07 Å². The van der Waals surface area contributed by atoms with Crippen LogP contribution in [0.1, 0.15) is 11.8 Å². The van der Waals surface area contributed by atoms with Crippen molar-refractivity contribution in [2.75, 3.05) is 24.3 Å². The van der Waals surface area contributed by atoms with Gasteiger partial charge >= 0.3 is 0 Å². The zero-order chi connectivity index (χ0) is 13.0. The smallest absolute Gasteiger partial charge is 0.0573 e. The van der Waals surface area contributed by atoms with Gasteiger partial charge in [-0.3, -0.25) is 4.98 Å². The Balaban J connectivity index is 2.07. The number of hydrogen-bond acceptors (Lipinski definition) is 4. The highest BCUT2D eigenvalue weighted by Crippen LogP contribution is 2.21. The first-order chi connectivity index (χ1) is 8.70. The first kappa shape index (κ1) is 12.9. The van der Waals surface area contributed by atoms with Crippen molar-refractivity contribution in [3.63, 3.8) is 0 Å². The number of rotatable bonds is 5. The molecule has 18 heavy (non-hydrogen) atoms. The van der Waals surface area contributed by atoms with Crippen LogP contribution in [0.25, 0.3) is 0 Å². The molecular weight excluding hydrogens is 242 g/mol. The lowest BCUT2D eigenvalue weighted by molar-refractivity contribution is 0.687. The topological polar surface area (TPSA) is 28.2 Å². The van der Waals surface area contributed by atoms with Gasteiger partial charge in [-0.05, 0) is 24.4 Å². The zero-order valence-corrected chi connectivity index (χ0v) is 11.9. The van der Waals surface area contributed by atoms with Crippen LogP contribution in [0.5, 0.6) is 0 Å². The Morgan fingerprint density at radius 2 is 2.28 bits per heavy atom. The first-order valence-electron chi connectivity index (χ1n) is 6.08. The fourth-order valence-corrected chi connectivity index (χ4v) is 2.70. The average molecular weight is 261 g/mol. The van der Waals surface area contributed by atoms with E-state index in [1.165, 1.54) is 4.88 Å². The summed E-state index contributed by atoms with van der Waals surface area (Å²) in [6.07, 6.45) is 4.81. The van der Waals surface area contributed by atoms with Crippen LogP contribution in [0, 0.1) is 0 Å². The minimum absolute atomic E-state index is 0.456. The Bertz CT molecular complexity index is 482. The summed E-state index contributed by atoms with van der Waals surface area (Å²) in [5, 5.41) is 5.25. The van der Waals surface area contributed by atoms with Crippen molar-refractivity contribution in [1.82, 2.24) is 4.98 Å². The van der Waals surface area contributed by atoms with Gasteiger partial charge in [-0.15, -0.1) is 11.3 Å². The van der Waals surface area contributed by atoms with Crippen LogP contribution in [0.3, 0.4) is 0 Å². The third-order valence-electron chi connectivity index (χ3n) is 3.16. The number of thiophene rings is 1. The van der Waals surface area contributed by atoms with Crippen LogP contribution < -0.4 is 10.2 Å². The van der Waals surface area contributed by atoms with E-state index in [-0.39, 0.29) is 0 Å². The third-order valence-corrected chi connectivity index (χ3v) is 4.06. The molecule has 2 aromatic rings. The van der Waals surface area contributed by atoms with E-state index >= 15 is 0 Å². The van der Waals surface area contributed by atoms with Gasteiger partial charge in [0.05, 0.1) is 23.8 Å². The van der Waals surface area contributed by atoms with Crippen LogP contribution in [0.4, 0.5) is 11.4 Å². The van der Waals surface area contributed by atoms with Gasteiger partial charge in [0.1, 0.15) is 0 Å². The molecule has 1 unspecified atom stereocenters. The summed E-state index contributed by atoms with van der Waals surface area (Å²) < 4.78 is 0. The molecule has 4 heteroatoms. The van der Waals surface area contributed by atoms with E-state index in [1.807, 2.05) is 30.8 Å². The second-order valence-electron chi connectivity index (χ2n) is 4.43. The zero-order valence-electron chi connectivity index (χ0n) is 11.1. The van der Waals surface area contributed by atoms with E-state index in [1.54, 1.807) is 0 Å². The molecule has 0 aromatic carbocycles. The van der Waals surface area contributed by atoms with Gasteiger partial charge < -0.3 is 10.2 Å². The average Bonchev–Trinajstić information content (AvgIpc) is 2.90. The molecule has 0 spiro atoms. The normalized spacial score (nSPS) is 12.2. The maximum absolute atomic E-state index is 4.25. The minimum atomic E-state index is 0.456. The van der Waals surface area contributed by atoms with E-state index in [4.69, 9.17) is 0 Å².